The standard InChI is InChI=1S/C13H27N3O2S/c1-11(2)14-7-3-9-19(17,18)15-12-6-8-16(10-12)13-4-5-13/h11-15H,3-10H2,1-2H3. The first-order valence-electron chi connectivity index (χ1n) is 7.44. The molecule has 0 bridgehead atoms. The highest BCUT2D eigenvalue weighted by Gasteiger charge is 2.35. The quantitative estimate of drug-likeness (QED) is 0.640. The van der Waals surface area contributed by atoms with Crippen molar-refractivity contribution in [1.82, 2.24) is 14.9 Å². The van der Waals surface area contributed by atoms with Crippen LogP contribution in [0.25, 0.3) is 0 Å². The Labute approximate surface area is 117 Å². The molecule has 1 unspecified atom stereocenters. The Kier molecular flexibility index (Phi) is 5.22. The number of rotatable bonds is 8. The summed E-state index contributed by atoms with van der Waals surface area (Å²) >= 11 is 0. The van der Waals surface area contributed by atoms with Crippen LogP contribution < -0.4 is 10.0 Å². The zero-order valence-corrected chi connectivity index (χ0v) is 12.9. The molecule has 2 fully saturated rings. The summed E-state index contributed by atoms with van der Waals surface area (Å²) in [6, 6.07) is 1.28. The average Bonchev–Trinajstić information content (AvgIpc) is 3.06. The van der Waals surface area contributed by atoms with Crippen LogP contribution in [0.2, 0.25) is 0 Å². The van der Waals surface area contributed by atoms with Gasteiger partial charge in [0.15, 0.2) is 0 Å². The molecule has 1 aliphatic heterocycles. The Morgan fingerprint density at radius 3 is 2.63 bits per heavy atom. The van der Waals surface area contributed by atoms with Gasteiger partial charge >= 0.3 is 0 Å². The van der Waals surface area contributed by atoms with Gasteiger partial charge < -0.3 is 5.32 Å². The largest absolute Gasteiger partial charge is 0.314 e. The van der Waals surface area contributed by atoms with E-state index in [1.54, 1.807) is 0 Å². The Bertz CT molecular complexity index is 379. The van der Waals surface area contributed by atoms with E-state index in [9.17, 15) is 8.42 Å². The first kappa shape index (κ1) is 15.2. The third-order valence-corrected chi connectivity index (χ3v) is 5.29. The van der Waals surface area contributed by atoms with Crippen molar-refractivity contribution in [2.45, 2.75) is 57.7 Å². The SMILES string of the molecule is CC(C)NCCCS(=O)(=O)NC1CCN(C2CC2)C1. The molecule has 19 heavy (non-hydrogen) atoms. The van der Waals surface area contributed by atoms with Crippen LogP contribution in [0.3, 0.4) is 0 Å². The van der Waals surface area contributed by atoms with Gasteiger partial charge in [0.2, 0.25) is 10.0 Å². The first-order chi connectivity index (χ1) is 8.96. The Balaban J connectivity index is 1.65. The van der Waals surface area contributed by atoms with Crippen LogP contribution >= 0.6 is 0 Å². The number of hydrogen-bond acceptors (Lipinski definition) is 4. The monoisotopic (exact) mass is 289 g/mol. The summed E-state index contributed by atoms with van der Waals surface area (Å²) in [5.41, 5.74) is 0. The molecule has 5 nitrogen and oxygen atoms in total. The van der Waals surface area contributed by atoms with E-state index in [1.165, 1.54) is 12.8 Å². The van der Waals surface area contributed by atoms with E-state index in [2.05, 4.69) is 28.8 Å². The minimum atomic E-state index is -3.11. The lowest BCUT2D eigenvalue weighted by Gasteiger charge is -2.16. The van der Waals surface area contributed by atoms with Gasteiger partial charge in [-0.15, -0.1) is 0 Å². The van der Waals surface area contributed by atoms with Crippen LogP contribution in [0.5, 0.6) is 0 Å². The fourth-order valence-corrected chi connectivity index (χ4v) is 3.96. The van der Waals surface area contributed by atoms with Crippen LogP contribution in [-0.2, 0) is 10.0 Å². The van der Waals surface area contributed by atoms with E-state index in [1.807, 2.05) is 0 Å². The molecule has 2 rings (SSSR count). The molecular formula is C13H27N3O2S. The fraction of sp³-hybridized carbons (Fsp3) is 1.00. The van der Waals surface area contributed by atoms with Crippen molar-refractivity contribution < 1.29 is 8.42 Å². The summed E-state index contributed by atoms with van der Waals surface area (Å²) in [7, 11) is -3.11. The van der Waals surface area contributed by atoms with Gasteiger partial charge in [-0.1, -0.05) is 13.8 Å². The van der Waals surface area contributed by atoms with Crippen molar-refractivity contribution in [3.8, 4) is 0 Å². The number of hydrogen-bond donors (Lipinski definition) is 2. The smallest absolute Gasteiger partial charge is 0.211 e. The highest BCUT2D eigenvalue weighted by Crippen LogP contribution is 2.29. The Morgan fingerprint density at radius 1 is 1.26 bits per heavy atom. The van der Waals surface area contributed by atoms with Crippen LogP contribution in [0.15, 0.2) is 0 Å². The van der Waals surface area contributed by atoms with Crippen molar-refractivity contribution in [2.75, 3.05) is 25.4 Å². The van der Waals surface area contributed by atoms with Gasteiger partial charge in [-0.25, -0.2) is 13.1 Å². The van der Waals surface area contributed by atoms with Gasteiger partial charge in [0.05, 0.1) is 5.75 Å². The lowest BCUT2D eigenvalue weighted by Crippen LogP contribution is -2.39. The number of nitrogens with zero attached hydrogens (tertiary/aromatic N) is 1. The summed E-state index contributed by atoms with van der Waals surface area (Å²) in [6.07, 6.45) is 4.22. The van der Waals surface area contributed by atoms with Crippen molar-refractivity contribution in [1.29, 1.82) is 0 Å². The van der Waals surface area contributed by atoms with E-state index in [0.29, 0.717) is 12.5 Å². The van der Waals surface area contributed by atoms with Crippen molar-refractivity contribution in [2.24, 2.45) is 0 Å². The molecule has 0 spiro atoms. The Hall–Kier alpha value is -0.170. The maximum Gasteiger partial charge on any atom is 0.211 e. The number of nitrogens with one attached hydrogen (secondary N) is 2. The van der Waals surface area contributed by atoms with Crippen LogP contribution in [0.4, 0.5) is 0 Å². The third kappa shape index (κ3) is 5.38. The molecule has 0 radical (unpaired) electrons. The van der Waals surface area contributed by atoms with Gasteiger partial charge in [-0.2, -0.15) is 0 Å². The molecule has 1 atom stereocenters. The zero-order chi connectivity index (χ0) is 13.9. The van der Waals surface area contributed by atoms with Crippen molar-refractivity contribution in [3.05, 3.63) is 0 Å². The summed E-state index contributed by atoms with van der Waals surface area (Å²) in [5.74, 6) is 0.229. The fourth-order valence-electron chi connectivity index (χ4n) is 2.62. The van der Waals surface area contributed by atoms with Gasteiger partial charge in [0, 0.05) is 31.2 Å². The predicted molar refractivity (Wildman–Crippen MR) is 77.7 cm³/mol. The molecular weight excluding hydrogens is 262 g/mol. The van der Waals surface area contributed by atoms with E-state index in [-0.39, 0.29) is 11.8 Å². The van der Waals surface area contributed by atoms with Crippen LogP contribution in [-0.4, -0.2) is 56.8 Å². The minimum Gasteiger partial charge on any atom is -0.314 e. The second kappa shape index (κ2) is 6.52. The first-order valence-corrected chi connectivity index (χ1v) is 9.09. The topological polar surface area (TPSA) is 61.4 Å². The third-order valence-electron chi connectivity index (χ3n) is 3.77. The van der Waals surface area contributed by atoms with Gasteiger partial charge in [0.1, 0.15) is 0 Å². The van der Waals surface area contributed by atoms with Crippen LogP contribution in [0, 0.1) is 0 Å². The zero-order valence-electron chi connectivity index (χ0n) is 12.1. The highest BCUT2D eigenvalue weighted by molar-refractivity contribution is 7.89. The molecule has 112 valence electrons. The second-order valence-corrected chi connectivity index (χ2v) is 7.98. The molecule has 6 heteroatoms. The summed E-state index contributed by atoms with van der Waals surface area (Å²) in [6.45, 7) is 6.84. The highest BCUT2D eigenvalue weighted by atomic mass is 32.2. The Morgan fingerprint density at radius 2 is 2.00 bits per heavy atom. The lowest BCUT2D eigenvalue weighted by molar-refractivity contribution is 0.322. The van der Waals surface area contributed by atoms with Gasteiger partial charge in [-0.05, 0) is 32.2 Å². The predicted octanol–water partition coefficient (Wildman–Crippen LogP) is 0.531. The average molecular weight is 289 g/mol. The number of likely N-dealkylation sites (tertiary alicyclic amines) is 1. The van der Waals surface area contributed by atoms with Gasteiger partial charge in [0.25, 0.3) is 0 Å². The maximum atomic E-state index is 12.0. The summed E-state index contributed by atoms with van der Waals surface area (Å²) in [4.78, 5) is 2.42. The molecule has 1 heterocycles. The molecule has 2 N–H and O–H groups in total. The van der Waals surface area contributed by atoms with E-state index < -0.39 is 10.0 Å². The van der Waals surface area contributed by atoms with Crippen molar-refractivity contribution >= 4 is 10.0 Å². The molecule has 0 aromatic carbocycles. The molecule has 1 saturated heterocycles. The molecule has 1 saturated carbocycles. The summed E-state index contributed by atoms with van der Waals surface area (Å²) < 4.78 is 26.8. The van der Waals surface area contributed by atoms with E-state index in [4.69, 9.17) is 0 Å². The molecule has 2 aliphatic rings. The van der Waals surface area contributed by atoms with E-state index in [0.717, 1.165) is 32.1 Å². The van der Waals surface area contributed by atoms with E-state index >= 15 is 0 Å². The number of sulfonamides is 1. The maximum absolute atomic E-state index is 12.0. The van der Waals surface area contributed by atoms with Gasteiger partial charge in [-0.3, -0.25) is 4.90 Å². The van der Waals surface area contributed by atoms with Crippen LogP contribution in [0.1, 0.15) is 39.5 Å². The summed E-state index contributed by atoms with van der Waals surface area (Å²) in [5, 5.41) is 3.24. The molecule has 1 aliphatic carbocycles. The van der Waals surface area contributed by atoms with Crippen molar-refractivity contribution in [3.63, 3.8) is 0 Å². The minimum absolute atomic E-state index is 0.128. The molecule has 0 amide bonds. The lowest BCUT2D eigenvalue weighted by atomic mass is 10.3. The normalized spacial score (nSPS) is 25.3. The molecule has 0 aromatic heterocycles. The molecule has 0 aromatic rings. The second-order valence-electron chi connectivity index (χ2n) is 6.11.